The van der Waals surface area contributed by atoms with Gasteiger partial charge in [-0.05, 0) is 66.0 Å². The van der Waals surface area contributed by atoms with E-state index in [1.807, 2.05) is 32.9 Å². The SMILES string of the molecule is CC(C)c1ccc(C(O)C(=O)O)cc1.Cc1c(C)c(C(CO)c2ccc(C(C)C)cc2)c(O)c(C)c1Br. The predicted molar refractivity (Wildman–Crippen MR) is 153 cm³/mol. The van der Waals surface area contributed by atoms with E-state index in [2.05, 4.69) is 67.9 Å². The molecular weight excluding hydrogens is 532 g/mol. The van der Waals surface area contributed by atoms with Gasteiger partial charge in [-0.1, -0.05) is 92.2 Å². The van der Waals surface area contributed by atoms with Crippen molar-refractivity contribution in [3.05, 3.63) is 97.5 Å². The van der Waals surface area contributed by atoms with Gasteiger partial charge in [0.2, 0.25) is 0 Å². The fraction of sp³-hybridized carbons (Fsp3) is 0.387. The number of aliphatic hydroxyl groups is 2. The Labute approximate surface area is 229 Å². The van der Waals surface area contributed by atoms with Crippen molar-refractivity contribution in [1.82, 2.24) is 0 Å². The van der Waals surface area contributed by atoms with Crippen LogP contribution in [0, 0.1) is 20.8 Å². The van der Waals surface area contributed by atoms with E-state index in [1.165, 1.54) is 5.56 Å². The molecule has 0 radical (unpaired) electrons. The Hall–Kier alpha value is -2.67. The maximum atomic E-state index is 10.6. The first-order valence-electron chi connectivity index (χ1n) is 12.5. The molecule has 0 heterocycles. The van der Waals surface area contributed by atoms with Crippen LogP contribution in [0.5, 0.6) is 5.75 Å². The summed E-state index contributed by atoms with van der Waals surface area (Å²) in [5, 5.41) is 38.4. The lowest BCUT2D eigenvalue weighted by Gasteiger charge is -2.23. The van der Waals surface area contributed by atoms with E-state index < -0.39 is 12.1 Å². The molecule has 3 aromatic carbocycles. The highest BCUT2D eigenvalue weighted by Gasteiger charge is 2.24. The summed E-state index contributed by atoms with van der Waals surface area (Å²) in [5.74, 6) is -0.286. The summed E-state index contributed by atoms with van der Waals surface area (Å²) in [5.41, 5.74) is 7.61. The van der Waals surface area contributed by atoms with Gasteiger partial charge < -0.3 is 20.4 Å². The zero-order valence-corrected chi connectivity index (χ0v) is 24.3. The number of phenols is 1. The van der Waals surface area contributed by atoms with Crippen molar-refractivity contribution >= 4 is 21.9 Å². The highest BCUT2D eigenvalue weighted by molar-refractivity contribution is 9.10. The molecule has 2 unspecified atom stereocenters. The molecule has 3 aromatic rings. The number of benzene rings is 3. The summed E-state index contributed by atoms with van der Waals surface area (Å²) in [4.78, 5) is 10.5. The standard InChI is InChI=1S/C20H25BrO2.C11H14O3/c1-11(2)15-6-8-16(9-7-15)17(10-22)18-12(3)13(4)19(21)14(5)20(18)23;1-7(2)8-3-5-9(6-4-8)10(12)11(13)14/h6-9,11,17,22-23H,10H2,1-5H3;3-7,10,12H,1-2H3,(H,13,14). The molecule has 0 saturated heterocycles. The van der Waals surface area contributed by atoms with Gasteiger partial charge in [0, 0.05) is 21.5 Å². The molecule has 0 amide bonds. The third kappa shape index (κ3) is 7.22. The topological polar surface area (TPSA) is 98.0 Å². The quantitative estimate of drug-likeness (QED) is 0.239. The van der Waals surface area contributed by atoms with Crippen molar-refractivity contribution in [3.63, 3.8) is 0 Å². The number of carboxylic acids is 1. The summed E-state index contributed by atoms with van der Waals surface area (Å²) in [6.07, 6.45) is -1.42. The molecule has 0 saturated carbocycles. The van der Waals surface area contributed by atoms with Crippen LogP contribution in [0.4, 0.5) is 0 Å². The van der Waals surface area contributed by atoms with Crippen molar-refractivity contribution in [2.45, 2.75) is 72.3 Å². The molecule has 2 atom stereocenters. The molecule has 3 rings (SSSR count). The van der Waals surface area contributed by atoms with Gasteiger partial charge in [0.25, 0.3) is 0 Å². The highest BCUT2D eigenvalue weighted by Crippen LogP contribution is 2.41. The van der Waals surface area contributed by atoms with Crippen LogP contribution >= 0.6 is 15.9 Å². The third-order valence-electron chi connectivity index (χ3n) is 6.92. The number of aromatic hydroxyl groups is 1. The van der Waals surface area contributed by atoms with Gasteiger partial charge in [0.15, 0.2) is 6.10 Å². The van der Waals surface area contributed by atoms with Gasteiger partial charge in [0.05, 0.1) is 6.61 Å². The Bertz CT molecular complexity index is 1170. The first-order chi connectivity index (χ1) is 17.3. The van der Waals surface area contributed by atoms with Crippen molar-refractivity contribution < 1.29 is 25.2 Å². The Morgan fingerprint density at radius 3 is 1.54 bits per heavy atom. The fourth-order valence-corrected chi connectivity index (χ4v) is 4.73. The fourth-order valence-electron chi connectivity index (χ4n) is 4.24. The Morgan fingerprint density at radius 2 is 1.16 bits per heavy atom. The van der Waals surface area contributed by atoms with Crippen LogP contribution in [0.2, 0.25) is 0 Å². The van der Waals surface area contributed by atoms with Crippen LogP contribution in [-0.4, -0.2) is 33.0 Å². The van der Waals surface area contributed by atoms with Crippen LogP contribution in [0.15, 0.2) is 53.0 Å². The summed E-state index contributed by atoms with van der Waals surface area (Å²) < 4.78 is 0.933. The molecular formula is C31H39BrO5. The second kappa shape index (κ2) is 13.2. The van der Waals surface area contributed by atoms with Crippen molar-refractivity contribution in [1.29, 1.82) is 0 Å². The number of hydrogen-bond donors (Lipinski definition) is 4. The van der Waals surface area contributed by atoms with Crippen LogP contribution in [-0.2, 0) is 4.79 Å². The zero-order chi connectivity index (χ0) is 28.0. The number of carboxylic acid groups (broad SMARTS) is 1. The molecule has 0 aliphatic carbocycles. The summed E-state index contributed by atoms with van der Waals surface area (Å²) in [7, 11) is 0. The van der Waals surface area contributed by atoms with E-state index in [-0.39, 0.29) is 18.3 Å². The zero-order valence-electron chi connectivity index (χ0n) is 22.7. The minimum atomic E-state index is -1.42. The van der Waals surface area contributed by atoms with E-state index >= 15 is 0 Å². The molecule has 6 heteroatoms. The second-order valence-corrected chi connectivity index (χ2v) is 10.9. The number of carbonyl (C=O) groups is 1. The number of aliphatic carboxylic acids is 1. The molecule has 0 aromatic heterocycles. The van der Waals surface area contributed by atoms with Gasteiger partial charge in [-0.25, -0.2) is 4.79 Å². The Kier molecular flexibility index (Phi) is 10.9. The van der Waals surface area contributed by atoms with Crippen LogP contribution in [0.1, 0.15) is 96.1 Å². The molecule has 200 valence electrons. The van der Waals surface area contributed by atoms with Crippen LogP contribution in [0.3, 0.4) is 0 Å². The summed E-state index contributed by atoms with van der Waals surface area (Å²) in [6, 6.07) is 15.3. The minimum absolute atomic E-state index is 0.0318. The number of rotatable bonds is 7. The van der Waals surface area contributed by atoms with E-state index in [1.54, 1.807) is 12.1 Å². The maximum Gasteiger partial charge on any atom is 0.337 e. The van der Waals surface area contributed by atoms with Gasteiger partial charge in [0.1, 0.15) is 5.75 Å². The summed E-state index contributed by atoms with van der Waals surface area (Å²) in [6.45, 7) is 14.3. The smallest absolute Gasteiger partial charge is 0.337 e. The minimum Gasteiger partial charge on any atom is -0.507 e. The predicted octanol–water partition coefficient (Wildman–Crippen LogP) is 7.26. The normalized spacial score (nSPS) is 12.8. The monoisotopic (exact) mass is 570 g/mol. The lowest BCUT2D eigenvalue weighted by molar-refractivity contribution is -0.146. The first kappa shape index (κ1) is 30.6. The van der Waals surface area contributed by atoms with E-state index in [4.69, 9.17) is 5.11 Å². The number of phenolic OH excluding ortho intramolecular Hbond substituents is 1. The number of hydrogen-bond acceptors (Lipinski definition) is 4. The largest absolute Gasteiger partial charge is 0.507 e. The molecule has 4 N–H and O–H groups in total. The first-order valence-corrected chi connectivity index (χ1v) is 13.3. The average molecular weight is 572 g/mol. The third-order valence-corrected chi connectivity index (χ3v) is 8.11. The van der Waals surface area contributed by atoms with Gasteiger partial charge in [-0.2, -0.15) is 0 Å². The molecule has 0 aliphatic rings. The van der Waals surface area contributed by atoms with Gasteiger partial charge >= 0.3 is 5.97 Å². The number of aliphatic hydroxyl groups excluding tert-OH is 2. The highest BCUT2D eigenvalue weighted by atomic mass is 79.9. The molecule has 0 spiro atoms. The Morgan fingerprint density at radius 1 is 0.757 bits per heavy atom. The lowest BCUT2D eigenvalue weighted by atomic mass is 9.84. The van der Waals surface area contributed by atoms with Crippen LogP contribution < -0.4 is 0 Å². The van der Waals surface area contributed by atoms with Crippen LogP contribution in [0.25, 0.3) is 0 Å². The average Bonchev–Trinajstić information content (AvgIpc) is 2.88. The van der Waals surface area contributed by atoms with Gasteiger partial charge in [-0.15, -0.1) is 0 Å². The molecule has 0 fully saturated rings. The summed E-state index contributed by atoms with van der Waals surface area (Å²) >= 11 is 3.55. The van der Waals surface area contributed by atoms with Crippen molar-refractivity contribution in [2.24, 2.45) is 0 Å². The van der Waals surface area contributed by atoms with E-state index in [0.29, 0.717) is 17.4 Å². The second-order valence-electron chi connectivity index (χ2n) is 10.1. The number of halogens is 1. The molecule has 5 nitrogen and oxygen atoms in total. The molecule has 37 heavy (non-hydrogen) atoms. The van der Waals surface area contributed by atoms with Crippen molar-refractivity contribution in [2.75, 3.05) is 6.61 Å². The maximum absolute atomic E-state index is 10.6. The molecule has 0 aliphatic heterocycles. The van der Waals surface area contributed by atoms with Gasteiger partial charge in [-0.3, -0.25) is 0 Å². The van der Waals surface area contributed by atoms with E-state index in [0.717, 1.165) is 37.9 Å². The lowest BCUT2D eigenvalue weighted by Crippen LogP contribution is -2.10. The molecule has 0 bridgehead atoms. The van der Waals surface area contributed by atoms with E-state index in [9.17, 15) is 20.1 Å². The van der Waals surface area contributed by atoms with Crippen molar-refractivity contribution in [3.8, 4) is 5.75 Å². The Balaban J connectivity index is 0.000000294.